The average molecular weight is 212 g/mol. The van der Waals surface area contributed by atoms with Crippen molar-refractivity contribution < 1.29 is 4.42 Å². The van der Waals surface area contributed by atoms with Crippen LogP contribution in [0.1, 0.15) is 30.6 Å². The number of hydrogen-bond donors (Lipinski definition) is 1. The normalized spacial score (nSPS) is 30.9. The van der Waals surface area contributed by atoms with Gasteiger partial charge >= 0.3 is 0 Å². The summed E-state index contributed by atoms with van der Waals surface area (Å²) in [5.41, 5.74) is 1.60. The fourth-order valence-corrected chi connectivity index (χ4v) is 3.12. The molecule has 1 fully saturated rings. The molecule has 0 radical (unpaired) electrons. The van der Waals surface area contributed by atoms with E-state index in [4.69, 9.17) is 16.0 Å². The Morgan fingerprint density at radius 2 is 2.36 bits per heavy atom. The fraction of sp³-hybridized carbons (Fsp3) is 0.636. The molecule has 3 rings (SSSR count). The van der Waals surface area contributed by atoms with Gasteiger partial charge in [0.1, 0.15) is 5.76 Å². The van der Waals surface area contributed by atoms with Crippen LogP contribution in [0.25, 0.3) is 0 Å². The molecule has 0 saturated carbocycles. The molecule has 3 heteroatoms. The lowest BCUT2D eigenvalue weighted by Crippen LogP contribution is -2.32. The van der Waals surface area contributed by atoms with Crippen molar-refractivity contribution in [2.75, 3.05) is 13.1 Å². The maximum Gasteiger partial charge on any atom is 0.193 e. The lowest BCUT2D eigenvalue weighted by atomic mass is 9.74. The second kappa shape index (κ2) is 3.01. The van der Waals surface area contributed by atoms with Crippen LogP contribution in [0.2, 0.25) is 5.22 Å². The Labute approximate surface area is 88.6 Å². The van der Waals surface area contributed by atoms with Crippen molar-refractivity contribution in [3.05, 3.63) is 22.6 Å². The average Bonchev–Trinajstić information content (AvgIpc) is 2.74. The highest BCUT2D eigenvalue weighted by atomic mass is 35.5. The first-order chi connectivity index (χ1) is 6.80. The van der Waals surface area contributed by atoms with Gasteiger partial charge in [0.05, 0.1) is 0 Å². The minimum absolute atomic E-state index is 0.265. The minimum Gasteiger partial charge on any atom is -0.449 e. The maximum absolute atomic E-state index is 5.93. The zero-order valence-corrected chi connectivity index (χ0v) is 8.86. The number of fused-ring (bicyclic) bond motifs is 2. The molecular formula is C11H14ClNO. The summed E-state index contributed by atoms with van der Waals surface area (Å²) < 4.78 is 5.67. The van der Waals surface area contributed by atoms with Gasteiger partial charge in [-0.15, -0.1) is 0 Å². The SMILES string of the molecule is Clc1cc2c(o1)C1(CCC2)CCNC1. The van der Waals surface area contributed by atoms with Gasteiger partial charge in [-0.1, -0.05) is 0 Å². The molecule has 2 nitrogen and oxygen atoms in total. The molecule has 1 aromatic rings. The van der Waals surface area contributed by atoms with Crippen molar-refractivity contribution in [1.29, 1.82) is 0 Å². The number of nitrogens with one attached hydrogen (secondary N) is 1. The minimum atomic E-state index is 0.265. The van der Waals surface area contributed by atoms with E-state index in [0.29, 0.717) is 5.22 Å². The molecule has 14 heavy (non-hydrogen) atoms. The van der Waals surface area contributed by atoms with Gasteiger partial charge in [-0.25, -0.2) is 0 Å². The number of halogens is 1. The van der Waals surface area contributed by atoms with Crippen LogP contribution >= 0.6 is 11.6 Å². The number of aryl methyl sites for hydroxylation is 1. The molecule has 1 saturated heterocycles. The van der Waals surface area contributed by atoms with Crippen LogP contribution in [0.5, 0.6) is 0 Å². The number of hydrogen-bond acceptors (Lipinski definition) is 2. The second-order valence-corrected chi connectivity index (χ2v) is 4.84. The van der Waals surface area contributed by atoms with Crippen molar-refractivity contribution in [3.8, 4) is 0 Å². The van der Waals surface area contributed by atoms with Crippen LogP contribution in [-0.4, -0.2) is 13.1 Å². The summed E-state index contributed by atoms with van der Waals surface area (Å²) in [6.45, 7) is 2.17. The largest absolute Gasteiger partial charge is 0.449 e. The first-order valence-corrected chi connectivity index (χ1v) is 5.67. The van der Waals surface area contributed by atoms with E-state index in [9.17, 15) is 0 Å². The molecule has 1 atom stereocenters. The summed E-state index contributed by atoms with van der Waals surface area (Å²) in [5, 5.41) is 3.99. The Bertz CT molecular complexity index is 352. The molecule has 1 N–H and O–H groups in total. The van der Waals surface area contributed by atoms with E-state index in [-0.39, 0.29) is 5.41 Å². The molecule has 2 heterocycles. The summed E-state index contributed by atoms with van der Waals surface area (Å²) in [7, 11) is 0. The molecule has 2 aliphatic rings. The van der Waals surface area contributed by atoms with Crippen molar-refractivity contribution in [2.24, 2.45) is 0 Å². The highest BCUT2D eigenvalue weighted by molar-refractivity contribution is 6.28. The van der Waals surface area contributed by atoms with Crippen LogP contribution < -0.4 is 5.32 Å². The first-order valence-electron chi connectivity index (χ1n) is 5.30. The third-order valence-corrected chi connectivity index (χ3v) is 3.79. The number of furan rings is 1. The zero-order valence-electron chi connectivity index (χ0n) is 8.11. The Hall–Kier alpha value is -0.470. The quantitative estimate of drug-likeness (QED) is 0.714. The molecule has 0 bridgehead atoms. The van der Waals surface area contributed by atoms with Crippen LogP contribution in [-0.2, 0) is 11.8 Å². The summed E-state index contributed by atoms with van der Waals surface area (Å²) in [6.07, 6.45) is 4.85. The van der Waals surface area contributed by atoms with Gasteiger partial charge in [0.15, 0.2) is 5.22 Å². The van der Waals surface area contributed by atoms with Crippen LogP contribution in [0, 0.1) is 0 Å². The third kappa shape index (κ3) is 1.14. The Kier molecular flexibility index (Phi) is 1.89. The van der Waals surface area contributed by atoms with Gasteiger partial charge in [-0.05, 0) is 55.5 Å². The second-order valence-electron chi connectivity index (χ2n) is 4.47. The molecular weight excluding hydrogens is 198 g/mol. The van der Waals surface area contributed by atoms with Gasteiger partial charge in [0.25, 0.3) is 0 Å². The van der Waals surface area contributed by atoms with E-state index in [1.54, 1.807) is 0 Å². The standard InChI is InChI=1S/C11H14ClNO/c12-9-6-8-2-1-3-11(10(8)14-9)4-5-13-7-11/h6,13H,1-5,7H2. The van der Waals surface area contributed by atoms with E-state index in [1.807, 2.05) is 6.07 Å². The van der Waals surface area contributed by atoms with Crippen LogP contribution in [0.3, 0.4) is 0 Å². The fourth-order valence-electron chi connectivity index (χ4n) is 2.91. The molecule has 1 spiro atoms. The highest BCUT2D eigenvalue weighted by Gasteiger charge is 2.42. The topological polar surface area (TPSA) is 25.2 Å². The van der Waals surface area contributed by atoms with Gasteiger partial charge in [-0.3, -0.25) is 0 Å². The van der Waals surface area contributed by atoms with Crippen molar-refractivity contribution >= 4 is 11.6 Å². The zero-order chi connectivity index (χ0) is 9.60. The maximum atomic E-state index is 5.93. The van der Waals surface area contributed by atoms with E-state index in [2.05, 4.69) is 5.32 Å². The Morgan fingerprint density at radius 1 is 1.43 bits per heavy atom. The summed E-state index contributed by atoms with van der Waals surface area (Å²) in [6, 6.07) is 2.00. The highest BCUT2D eigenvalue weighted by Crippen LogP contribution is 2.43. The molecule has 1 aliphatic heterocycles. The molecule has 1 aliphatic carbocycles. The van der Waals surface area contributed by atoms with Crippen molar-refractivity contribution in [1.82, 2.24) is 5.32 Å². The van der Waals surface area contributed by atoms with Gasteiger partial charge in [0, 0.05) is 12.0 Å². The predicted octanol–water partition coefficient (Wildman–Crippen LogP) is 2.50. The molecule has 0 amide bonds. The van der Waals surface area contributed by atoms with Gasteiger partial charge in [0.2, 0.25) is 0 Å². The van der Waals surface area contributed by atoms with Crippen LogP contribution in [0.4, 0.5) is 0 Å². The molecule has 76 valence electrons. The lowest BCUT2D eigenvalue weighted by Gasteiger charge is -2.30. The number of rotatable bonds is 0. The summed E-state index contributed by atoms with van der Waals surface area (Å²) in [4.78, 5) is 0. The molecule has 0 aromatic carbocycles. The van der Waals surface area contributed by atoms with Crippen molar-refractivity contribution in [3.63, 3.8) is 0 Å². The monoisotopic (exact) mass is 211 g/mol. The predicted molar refractivity (Wildman–Crippen MR) is 55.8 cm³/mol. The summed E-state index contributed by atoms with van der Waals surface area (Å²) >= 11 is 5.93. The molecule has 1 unspecified atom stereocenters. The van der Waals surface area contributed by atoms with Gasteiger partial charge < -0.3 is 9.73 Å². The third-order valence-electron chi connectivity index (χ3n) is 3.61. The van der Waals surface area contributed by atoms with E-state index in [0.717, 1.165) is 19.5 Å². The van der Waals surface area contributed by atoms with E-state index in [1.165, 1.54) is 30.6 Å². The Morgan fingerprint density at radius 3 is 3.14 bits per heavy atom. The van der Waals surface area contributed by atoms with E-state index >= 15 is 0 Å². The van der Waals surface area contributed by atoms with Crippen LogP contribution in [0.15, 0.2) is 10.5 Å². The smallest absolute Gasteiger partial charge is 0.193 e. The first kappa shape index (κ1) is 8.81. The Balaban J connectivity index is 2.09. The lowest BCUT2D eigenvalue weighted by molar-refractivity contribution is 0.310. The van der Waals surface area contributed by atoms with Gasteiger partial charge in [-0.2, -0.15) is 0 Å². The van der Waals surface area contributed by atoms with E-state index < -0.39 is 0 Å². The summed E-state index contributed by atoms with van der Waals surface area (Å²) in [5.74, 6) is 1.17. The van der Waals surface area contributed by atoms with Crippen molar-refractivity contribution in [2.45, 2.75) is 31.1 Å². The molecule has 1 aromatic heterocycles.